The highest BCUT2D eigenvalue weighted by atomic mass is 19.1. The molecule has 0 unspecified atom stereocenters. The molecule has 4 nitrogen and oxygen atoms in total. The van der Waals surface area contributed by atoms with Crippen molar-refractivity contribution >= 4 is 0 Å². The van der Waals surface area contributed by atoms with Crippen LogP contribution in [-0.4, -0.2) is 48.0 Å². The summed E-state index contributed by atoms with van der Waals surface area (Å²) >= 11 is 0. The summed E-state index contributed by atoms with van der Waals surface area (Å²) in [6.07, 6.45) is 2.78. The lowest BCUT2D eigenvalue weighted by molar-refractivity contribution is 0.0288. The molecule has 0 aromatic heterocycles. The van der Waals surface area contributed by atoms with E-state index >= 15 is 0 Å². The summed E-state index contributed by atoms with van der Waals surface area (Å²) in [5.74, 6) is 0.529. The molecule has 0 spiro atoms. The Balaban J connectivity index is 1.62. The van der Waals surface area contributed by atoms with Crippen LogP contribution in [0.1, 0.15) is 24.0 Å². The summed E-state index contributed by atoms with van der Waals surface area (Å²) in [4.78, 5) is 2.38. The lowest BCUT2D eigenvalue weighted by atomic mass is 9.75. The van der Waals surface area contributed by atoms with Gasteiger partial charge in [0.2, 0.25) is 0 Å². The second-order valence-electron chi connectivity index (χ2n) is 7.49. The van der Waals surface area contributed by atoms with Gasteiger partial charge >= 0.3 is 0 Å². The molecule has 1 saturated heterocycles. The van der Waals surface area contributed by atoms with Gasteiger partial charge in [0.1, 0.15) is 18.2 Å². The predicted molar refractivity (Wildman–Crippen MR) is 103 cm³/mol. The number of likely N-dealkylation sites (tertiary alicyclic amines) is 1. The summed E-state index contributed by atoms with van der Waals surface area (Å²) in [5.41, 5.74) is 2.08. The Hall–Kier alpha value is -1.95. The Kier molecular flexibility index (Phi) is 6.83. The molecule has 3 rings (SSSR count). The standard InChI is InChI=1S/C22H28FNO3/c23-20-6-2-18(3-7-20)14-22(17-26)10-1-11-24(16-22)15-19-4-8-21(9-5-19)27-13-12-25/h2-9,25-26H,1,10-17H2/t22-/m1/s1. The monoisotopic (exact) mass is 373 g/mol. The maximum atomic E-state index is 13.2. The van der Waals surface area contributed by atoms with Crippen molar-refractivity contribution in [3.8, 4) is 5.75 Å². The van der Waals surface area contributed by atoms with Crippen LogP contribution in [0.15, 0.2) is 48.5 Å². The van der Waals surface area contributed by atoms with Gasteiger partial charge in [0.15, 0.2) is 0 Å². The van der Waals surface area contributed by atoms with E-state index < -0.39 is 0 Å². The molecule has 2 aromatic rings. The van der Waals surface area contributed by atoms with Crippen LogP contribution in [-0.2, 0) is 13.0 Å². The van der Waals surface area contributed by atoms with Crippen LogP contribution in [0.5, 0.6) is 5.75 Å². The maximum Gasteiger partial charge on any atom is 0.123 e. The van der Waals surface area contributed by atoms with E-state index in [1.165, 1.54) is 17.7 Å². The lowest BCUT2D eigenvalue weighted by Gasteiger charge is -2.42. The smallest absolute Gasteiger partial charge is 0.123 e. The molecule has 2 N–H and O–H groups in total. The van der Waals surface area contributed by atoms with Crippen LogP contribution in [0.2, 0.25) is 0 Å². The van der Waals surface area contributed by atoms with Crippen molar-refractivity contribution in [2.45, 2.75) is 25.8 Å². The highest BCUT2D eigenvalue weighted by molar-refractivity contribution is 5.27. The first-order valence-electron chi connectivity index (χ1n) is 9.53. The van der Waals surface area contributed by atoms with Crippen molar-refractivity contribution in [1.29, 1.82) is 0 Å². The summed E-state index contributed by atoms with van der Waals surface area (Å²) in [6.45, 7) is 3.10. The van der Waals surface area contributed by atoms with Gasteiger partial charge in [0.05, 0.1) is 13.2 Å². The summed E-state index contributed by atoms with van der Waals surface area (Å²) in [5, 5.41) is 18.9. The number of hydrogen-bond donors (Lipinski definition) is 2. The number of nitrogens with zero attached hydrogens (tertiary/aromatic N) is 1. The minimum Gasteiger partial charge on any atom is -0.491 e. The molecule has 146 valence electrons. The molecule has 0 aliphatic carbocycles. The summed E-state index contributed by atoms with van der Waals surface area (Å²) < 4.78 is 18.6. The quantitative estimate of drug-likeness (QED) is 0.747. The summed E-state index contributed by atoms with van der Waals surface area (Å²) in [6, 6.07) is 14.5. The molecule has 27 heavy (non-hydrogen) atoms. The molecule has 2 aromatic carbocycles. The van der Waals surface area contributed by atoms with Gasteiger partial charge < -0.3 is 14.9 Å². The van der Waals surface area contributed by atoms with E-state index in [2.05, 4.69) is 4.90 Å². The van der Waals surface area contributed by atoms with Gasteiger partial charge in [-0.25, -0.2) is 4.39 Å². The number of aliphatic hydroxyl groups excluding tert-OH is 2. The fraction of sp³-hybridized carbons (Fsp3) is 0.455. The number of ether oxygens (including phenoxy) is 1. The van der Waals surface area contributed by atoms with Gasteiger partial charge in [0.25, 0.3) is 0 Å². The molecule has 1 aliphatic rings. The molecule has 5 heteroatoms. The van der Waals surface area contributed by atoms with E-state index in [-0.39, 0.29) is 24.4 Å². The Labute approximate surface area is 160 Å². The summed E-state index contributed by atoms with van der Waals surface area (Å²) in [7, 11) is 0. The van der Waals surface area contributed by atoms with Gasteiger partial charge in [-0.2, -0.15) is 0 Å². The van der Waals surface area contributed by atoms with E-state index in [1.807, 2.05) is 36.4 Å². The third-order valence-electron chi connectivity index (χ3n) is 5.26. The van der Waals surface area contributed by atoms with Crippen molar-refractivity contribution in [3.05, 3.63) is 65.5 Å². The zero-order valence-corrected chi connectivity index (χ0v) is 15.6. The minimum atomic E-state index is -0.228. The Morgan fingerprint density at radius 2 is 1.70 bits per heavy atom. The second-order valence-corrected chi connectivity index (χ2v) is 7.49. The number of hydrogen-bond acceptors (Lipinski definition) is 4. The SMILES string of the molecule is OCCOc1ccc(CN2CCC[C@@](CO)(Cc3ccc(F)cc3)C2)cc1. The number of aliphatic hydroxyl groups is 2. The number of benzene rings is 2. The van der Waals surface area contributed by atoms with Gasteiger partial charge in [-0.05, 0) is 61.2 Å². The number of halogens is 1. The van der Waals surface area contributed by atoms with Crippen molar-refractivity contribution in [2.75, 3.05) is 32.9 Å². The van der Waals surface area contributed by atoms with Crippen molar-refractivity contribution in [1.82, 2.24) is 4.90 Å². The average Bonchev–Trinajstić information content (AvgIpc) is 2.69. The van der Waals surface area contributed by atoms with Crippen LogP contribution in [0.25, 0.3) is 0 Å². The molecule has 1 fully saturated rings. The predicted octanol–water partition coefficient (Wildman–Crippen LogP) is 3.01. The van der Waals surface area contributed by atoms with Crippen LogP contribution in [0.4, 0.5) is 4.39 Å². The van der Waals surface area contributed by atoms with Gasteiger partial charge in [0, 0.05) is 18.5 Å². The van der Waals surface area contributed by atoms with Crippen LogP contribution in [0.3, 0.4) is 0 Å². The zero-order chi connectivity index (χ0) is 19.1. The third-order valence-corrected chi connectivity index (χ3v) is 5.26. The van der Waals surface area contributed by atoms with Crippen LogP contribution in [0, 0.1) is 11.2 Å². The van der Waals surface area contributed by atoms with Gasteiger partial charge in [-0.1, -0.05) is 24.3 Å². The molecule has 1 atom stereocenters. The van der Waals surface area contributed by atoms with E-state index in [1.54, 1.807) is 0 Å². The van der Waals surface area contributed by atoms with E-state index in [0.29, 0.717) is 6.61 Å². The first-order chi connectivity index (χ1) is 13.1. The van der Waals surface area contributed by atoms with Crippen molar-refractivity contribution < 1.29 is 19.3 Å². The highest BCUT2D eigenvalue weighted by Crippen LogP contribution is 2.34. The first-order valence-corrected chi connectivity index (χ1v) is 9.53. The Bertz CT molecular complexity index is 705. The molecule has 0 radical (unpaired) electrons. The second kappa shape index (κ2) is 9.31. The van der Waals surface area contributed by atoms with Crippen molar-refractivity contribution in [3.63, 3.8) is 0 Å². The molecular formula is C22H28FNO3. The third kappa shape index (κ3) is 5.51. The fourth-order valence-electron chi connectivity index (χ4n) is 3.92. The van der Waals surface area contributed by atoms with E-state index in [4.69, 9.17) is 9.84 Å². The normalized spacial score (nSPS) is 20.6. The topological polar surface area (TPSA) is 52.9 Å². The van der Waals surface area contributed by atoms with Gasteiger partial charge in [-0.15, -0.1) is 0 Å². The maximum absolute atomic E-state index is 13.2. The largest absolute Gasteiger partial charge is 0.491 e. The first kappa shape index (κ1) is 19.8. The lowest BCUT2D eigenvalue weighted by Crippen LogP contribution is -2.46. The molecule has 0 amide bonds. The van der Waals surface area contributed by atoms with Crippen molar-refractivity contribution in [2.24, 2.45) is 5.41 Å². The molecule has 0 saturated carbocycles. The number of rotatable bonds is 8. The van der Waals surface area contributed by atoms with Gasteiger partial charge in [-0.3, -0.25) is 4.90 Å². The Morgan fingerprint density at radius 3 is 2.37 bits per heavy atom. The van der Waals surface area contributed by atoms with E-state index in [0.717, 1.165) is 50.2 Å². The number of piperidine rings is 1. The average molecular weight is 373 g/mol. The fourth-order valence-corrected chi connectivity index (χ4v) is 3.92. The molecule has 1 heterocycles. The van der Waals surface area contributed by atoms with Crippen LogP contribution < -0.4 is 4.74 Å². The highest BCUT2D eigenvalue weighted by Gasteiger charge is 2.35. The minimum absolute atomic E-state index is 0.00677. The van der Waals surface area contributed by atoms with E-state index in [9.17, 15) is 9.50 Å². The molecule has 0 bridgehead atoms. The van der Waals surface area contributed by atoms with Crippen LogP contribution >= 0.6 is 0 Å². The molecular weight excluding hydrogens is 345 g/mol. The zero-order valence-electron chi connectivity index (χ0n) is 15.6. The molecule has 1 aliphatic heterocycles. The Morgan fingerprint density at radius 1 is 1.00 bits per heavy atom.